The average Bonchev–Trinajstić information content (AvgIpc) is 3.01. The fourth-order valence-corrected chi connectivity index (χ4v) is 5.74. The summed E-state index contributed by atoms with van der Waals surface area (Å²) in [6.07, 6.45) is 9.26. The normalized spacial score (nSPS) is 13.7. The number of nitrogens with zero attached hydrogens (tertiary/aromatic N) is 3. The van der Waals surface area contributed by atoms with E-state index in [1.807, 2.05) is 55.5 Å². The van der Waals surface area contributed by atoms with Crippen molar-refractivity contribution in [3.8, 4) is 11.5 Å². The molecule has 0 bridgehead atoms. The molecule has 0 radical (unpaired) electrons. The van der Waals surface area contributed by atoms with Gasteiger partial charge in [0.15, 0.2) is 18.1 Å². The number of fused-ring (bicyclic) bond motifs is 1. The molecule has 0 aliphatic heterocycles. The van der Waals surface area contributed by atoms with Crippen LogP contribution in [0, 0.1) is 0 Å². The molecule has 1 N–H and O–H groups in total. The zero-order valence-corrected chi connectivity index (χ0v) is 25.8. The fraction of sp³-hybridized carbons (Fsp3) is 0.294. The summed E-state index contributed by atoms with van der Waals surface area (Å²) in [5.74, 6) is 1.53. The van der Waals surface area contributed by atoms with E-state index in [9.17, 15) is 9.59 Å². The number of para-hydroxylation sites is 1. The number of rotatable bonds is 11. The summed E-state index contributed by atoms with van der Waals surface area (Å²) in [4.78, 5) is 31.3. The van der Waals surface area contributed by atoms with Crippen LogP contribution in [0.25, 0.3) is 10.9 Å². The molecule has 4 aromatic rings. The molecule has 1 aliphatic rings. The number of amides is 1. The monoisotopic (exact) mass is 642 g/mol. The van der Waals surface area contributed by atoms with Gasteiger partial charge in [0.2, 0.25) is 0 Å². The zero-order chi connectivity index (χ0) is 30.2. The highest BCUT2D eigenvalue weighted by atomic mass is 79.9. The van der Waals surface area contributed by atoms with Crippen LogP contribution in [0.5, 0.6) is 11.5 Å². The standard InChI is InChI=1S/C34H35BrN4O4/c1-3-11-25-18-23(19-30(42-4-2)32(25)43-22-31(40)37-27-14-9-6-10-15-27)21-36-39-33(24-12-7-5-8-13-24)38-29-17-16-26(35)20-28(29)34(39)41/h3,6,9-10,14-21,24H,1,4-5,7-8,11-13,22H2,2H3,(H,37,40). The van der Waals surface area contributed by atoms with Crippen molar-refractivity contribution in [1.29, 1.82) is 0 Å². The Labute approximate surface area is 259 Å². The summed E-state index contributed by atoms with van der Waals surface area (Å²) in [6.45, 7) is 5.98. The topological polar surface area (TPSA) is 94.8 Å². The van der Waals surface area contributed by atoms with Crippen molar-refractivity contribution in [2.75, 3.05) is 18.5 Å². The van der Waals surface area contributed by atoms with Gasteiger partial charge >= 0.3 is 0 Å². The van der Waals surface area contributed by atoms with Crippen LogP contribution >= 0.6 is 15.9 Å². The van der Waals surface area contributed by atoms with Gasteiger partial charge in [-0.1, -0.05) is 59.5 Å². The van der Waals surface area contributed by atoms with Crippen LogP contribution in [0.15, 0.2) is 87.7 Å². The zero-order valence-electron chi connectivity index (χ0n) is 24.2. The van der Waals surface area contributed by atoms with E-state index in [-0.39, 0.29) is 24.0 Å². The van der Waals surface area contributed by atoms with Gasteiger partial charge in [-0.2, -0.15) is 9.78 Å². The van der Waals surface area contributed by atoms with E-state index in [1.165, 1.54) is 11.1 Å². The van der Waals surface area contributed by atoms with Crippen molar-refractivity contribution in [3.63, 3.8) is 0 Å². The average molecular weight is 644 g/mol. The van der Waals surface area contributed by atoms with Crippen molar-refractivity contribution in [3.05, 3.63) is 105 Å². The molecular weight excluding hydrogens is 608 g/mol. The molecule has 0 spiro atoms. The minimum Gasteiger partial charge on any atom is -0.490 e. The molecule has 1 saturated carbocycles. The number of halogens is 1. The summed E-state index contributed by atoms with van der Waals surface area (Å²) >= 11 is 3.48. The SMILES string of the molecule is C=CCc1cc(C=Nn2c(C3CCCCC3)nc3ccc(Br)cc3c2=O)cc(OCC)c1OCC(=O)Nc1ccccc1. The Bertz CT molecular complexity index is 1690. The van der Waals surface area contributed by atoms with Crippen LogP contribution in [-0.2, 0) is 11.2 Å². The molecule has 0 unspecified atom stereocenters. The Morgan fingerprint density at radius 1 is 1.12 bits per heavy atom. The number of hydrogen-bond acceptors (Lipinski definition) is 6. The Hall–Kier alpha value is -4.24. The van der Waals surface area contributed by atoms with E-state index in [1.54, 1.807) is 24.4 Å². The number of hydrogen-bond donors (Lipinski definition) is 1. The van der Waals surface area contributed by atoms with Crippen LogP contribution in [0.4, 0.5) is 5.69 Å². The van der Waals surface area contributed by atoms with Crippen LogP contribution in [0.2, 0.25) is 0 Å². The number of carbonyl (C=O) groups is 1. The van der Waals surface area contributed by atoms with Crippen LogP contribution < -0.4 is 20.3 Å². The van der Waals surface area contributed by atoms with Gasteiger partial charge in [0.25, 0.3) is 11.5 Å². The quantitative estimate of drug-likeness (QED) is 0.137. The largest absolute Gasteiger partial charge is 0.490 e. The molecule has 1 aromatic heterocycles. The third kappa shape index (κ3) is 7.40. The van der Waals surface area contributed by atoms with E-state index < -0.39 is 0 Å². The molecule has 8 nitrogen and oxygen atoms in total. The van der Waals surface area contributed by atoms with E-state index in [4.69, 9.17) is 19.6 Å². The molecule has 222 valence electrons. The van der Waals surface area contributed by atoms with Gasteiger partial charge < -0.3 is 14.8 Å². The van der Waals surface area contributed by atoms with E-state index >= 15 is 0 Å². The Balaban J connectivity index is 1.49. The van der Waals surface area contributed by atoms with Gasteiger partial charge in [0, 0.05) is 21.6 Å². The van der Waals surface area contributed by atoms with Crippen LogP contribution in [0.1, 0.15) is 61.9 Å². The minimum absolute atomic E-state index is 0.166. The van der Waals surface area contributed by atoms with Crippen LogP contribution in [0.3, 0.4) is 0 Å². The van der Waals surface area contributed by atoms with Gasteiger partial charge in [-0.25, -0.2) is 4.98 Å². The third-order valence-corrected chi connectivity index (χ3v) is 7.84. The van der Waals surface area contributed by atoms with Crippen molar-refractivity contribution >= 4 is 44.6 Å². The first-order valence-corrected chi connectivity index (χ1v) is 15.4. The molecule has 9 heteroatoms. The van der Waals surface area contributed by atoms with Gasteiger partial charge in [-0.05, 0) is 74.2 Å². The number of carbonyl (C=O) groups excluding carboxylic acids is 1. The molecule has 1 aliphatic carbocycles. The molecule has 3 aromatic carbocycles. The number of allylic oxidation sites excluding steroid dienone is 1. The smallest absolute Gasteiger partial charge is 0.282 e. The maximum atomic E-state index is 13.7. The maximum absolute atomic E-state index is 13.7. The summed E-state index contributed by atoms with van der Waals surface area (Å²) in [7, 11) is 0. The first-order chi connectivity index (χ1) is 21.0. The second kappa shape index (κ2) is 14.3. The van der Waals surface area contributed by atoms with E-state index in [0.717, 1.165) is 41.3 Å². The van der Waals surface area contributed by atoms with E-state index in [0.29, 0.717) is 46.9 Å². The van der Waals surface area contributed by atoms with E-state index in [2.05, 4.69) is 27.8 Å². The molecule has 5 rings (SSSR count). The Morgan fingerprint density at radius 3 is 2.65 bits per heavy atom. The number of nitrogens with one attached hydrogen (secondary N) is 1. The Kier molecular flexibility index (Phi) is 10.0. The number of anilines is 1. The summed E-state index contributed by atoms with van der Waals surface area (Å²) in [5, 5.41) is 8.04. The summed E-state index contributed by atoms with van der Waals surface area (Å²) in [5.41, 5.74) is 2.67. The predicted molar refractivity (Wildman–Crippen MR) is 175 cm³/mol. The lowest BCUT2D eigenvalue weighted by molar-refractivity contribution is -0.118. The highest BCUT2D eigenvalue weighted by Crippen LogP contribution is 2.34. The second-order valence-electron chi connectivity index (χ2n) is 10.5. The molecule has 1 heterocycles. The summed E-state index contributed by atoms with van der Waals surface area (Å²) in [6, 6.07) is 18.5. The molecule has 0 saturated heterocycles. The maximum Gasteiger partial charge on any atom is 0.282 e. The number of aromatic nitrogens is 2. The third-order valence-electron chi connectivity index (χ3n) is 7.35. The lowest BCUT2D eigenvalue weighted by atomic mass is 9.88. The molecule has 1 fully saturated rings. The Morgan fingerprint density at radius 2 is 1.91 bits per heavy atom. The summed E-state index contributed by atoms with van der Waals surface area (Å²) < 4.78 is 14.2. The minimum atomic E-state index is -0.283. The van der Waals surface area contributed by atoms with Crippen molar-refractivity contribution in [2.45, 2.75) is 51.4 Å². The second-order valence-corrected chi connectivity index (χ2v) is 11.4. The predicted octanol–water partition coefficient (Wildman–Crippen LogP) is 7.23. The highest BCUT2D eigenvalue weighted by molar-refractivity contribution is 9.10. The first-order valence-electron chi connectivity index (χ1n) is 14.6. The number of ether oxygens (including phenoxy) is 2. The van der Waals surface area contributed by atoms with Crippen molar-refractivity contribution in [2.24, 2.45) is 5.10 Å². The lowest BCUT2D eigenvalue weighted by Crippen LogP contribution is -2.25. The van der Waals surface area contributed by atoms with Gasteiger partial charge in [-0.3, -0.25) is 9.59 Å². The molecule has 43 heavy (non-hydrogen) atoms. The fourth-order valence-electron chi connectivity index (χ4n) is 5.38. The molecular formula is C34H35BrN4O4. The van der Waals surface area contributed by atoms with Crippen LogP contribution in [-0.4, -0.2) is 35.0 Å². The molecule has 1 amide bonds. The van der Waals surface area contributed by atoms with Gasteiger partial charge in [-0.15, -0.1) is 6.58 Å². The number of benzene rings is 3. The van der Waals surface area contributed by atoms with Gasteiger partial charge in [0.1, 0.15) is 5.82 Å². The van der Waals surface area contributed by atoms with Crippen molar-refractivity contribution in [1.82, 2.24) is 9.66 Å². The highest BCUT2D eigenvalue weighted by Gasteiger charge is 2.23. The van der Waals surface area contributed by atoms with Crippen molar-refractivity contribution < 1.29 is 14.3 Å². The first kappa shape index (κ1) is 30.2. The molecule has 0 atom stereocenters. The lowest BCUT2D eigenvalue weighted by Gasteiger charge is -2.22. The van der Waals surface area contributed by atoms with Gasteiger partial charge in [0.05, 0.1) is 23.7 Å².